The number of hydrogen-bond donors (Lipinski definition) is 12. The van der Waals surface area contributed by atoms with Crippen LogP contribution in [-0.4, -0.2) is 171 Å². The van der Waals surface area contributed by atoms with Crippen LogP contribution in [0.5, 0.6) is 17.2 Å². The van der Waals surface area contributed by atoms with E-state index in [0.717, 1.165) is 17.0 Å². The number of ketones is 3. The first-order valence-electron chi connectivity index (χ1n) is 27.3. The molecule has 3 aromatic rings. The lowest BCUT2D eigenvalue weighted by Crippen LogP contribution is -2.56. The highest BCUT2D eigenvalue weighted by atomic mass is 32.2. The number of Topliss-reactive ketones (excluding diaryl/α,β-unsaturated/α-hetero) is 1. The number of benzene rings is 3. The van der Waals surface area contributed by atoms with E-state index in [0.29, 0.717) is 19.3 Å². The molecule has 3 aromatic carbocycles. The van der Waals surface area contributed by atoms with Crippen molar-refractivity contribution in [3.8, 4) is 17.2 Å². The number of nitrogens with zero attached hydrogens (tertiary/aromatic N) is 1. The maximum atomic E-state index is 14.1. The number of aliphatic hydroxyl groups excluding tert-OH is 2. The molecular formula is C56H67N7O22S. The van der Waals surface area contributed by atoms with Gasteiger partial charge in [-0.3, -0.25) is 47.8 Å². The van der Waals surface area contributed by atoms with E-state index in [2.05, 4.69) is 26.6 Å². The molecule has 1 saturated heterocycles. The number of methoxy groups -OCH3 is 1. The summed E-state index contributed by atoms with van der Waals surface area (Å²) in [6, 6.07) is 2.57. The van der Waals surface area contributed by atoms with Gasteiger partial charge in [-0.05, 0) is 56.7 Å². The summed E-state index contributed by atoms with van der Waals surface area (Å²) < 4.78 is 58.6. The van der Waals surface area contributed by atoms with Crippen LogP contribution < -0.4 is 37.1 Å². The first-order chi connectivity index (χ1) is 40.6. The van der Waals surface area contributed by atoms with Gasteiger partial charge in [-0.25, -0.2) is 9.59 Å². The highest BCUT2D eigenvalue weighted by molar-refractivity contribution is 7.85. The predicted octanol–water partition coefficient (Wildman–Crippen LogP) is 0.714. The number of carbonyl (C=O) groups is 10. The van der Waals surface area contributed by atoms with Crippen LogP contribution in [0, 0.1) is 5.92 Å². The van der Waals surface area contributed by atoms with E-state index in [9.17, 15) is 86.4 Å². The van der Waals surface area contributed by atoms with Crippen LogP contribution >= 0.6 is 0 Å². The number of aromatic hydroxyl groups is 2. The Kier molecular flexibility index (Phi) is 20.7. The van der Waals surface area contributed by atoms with Crippen molar-refractivity contribution in [3.05, 3.63) is 87.5 Å². The molecule has 1 fully saturated rings. The number of nitrogens with two attached hydrogens (primary N) is 1. The number of fused-ring (bicyclic) bond motifs is 3. The molecule has 13 N–H and O–H groups in total. The highest BCUT2D eigenvalue weighted by Gasteiger charge is 2.50. The summed E-state index contributed by atoms with van der Waals surface area (Å²) >= 11 is 0. The Morgan fingerprint density at radius 2 is 1.60 bits per heavy atom. The zero-order chi connectivity index (χ0) is 63.1. The molecule has 30 heteroatoms. The Bertz CT molecular complexity index is 3350. The highest BCUT2D eigenvalue weighted by Crippen LogP contribution is 2.52. The van der Waals surface area contributed by atoms with Gasteiger partial charge < -0.3 is 76.8 Å². The third-order valence-corrected chi connectivity index (χ3v) is 16.0. The van der Waals surface area contributed by atoms with E-state index in [1.54, 1.807) is 13.8 Å². The summed E-state index contributed by atoms with van der Waals surface area (Å²) in [6.45, 7) is 2.79. The molecule has 0 saturated carbocycles. The molecule has 0 spiro atoms. The van der Waals surface area contributed by atoms with E-state index in [1.807, 2.05) is 0 Å². The van der Waals surface area contributed by atoms with Crippen molar-refractivity contribution < 1.29 is 105 Å². The molecule has 464 valence electrons. The molecular weight excluding hydrogens is 1150 g/mol. The van der Waals surface area contributed by atoms with Gasteiger partial charge in [-0.1, -0.05) is 38.5 Å². The number of anilines is 1. The fourth-order valence-corrected chi connectivity index (χ4v) is 11.4. The van der Waals surface area contributed by atoms with E-state index in [1.165, 1.54) is 50.5 Å². The second kappa shape index (κ2) is 27.3. The Balaban J connectivity index is 1.02. The van der Waals surface area contributed by atoms with Gasteiger partial charge in [0, 0.05) is 78.9 Å². The summed E-state index contributed by atoms with van der Waals surface area (Å²) in [6.07, 6.45) is -5.39. The lowest BCUT2D eigenvalue weighted by Gasteiger charge is -2.42. The third-order valence-electron chi connectivity index (χ3n) is 15.1. The first-order valence-corrected chi connectivity index (χ1v) is 28.8. The van der Waals surface area contributed by atoms with Crippen LogP contribution in [-0.2, 0) is 66.1 Å². The molecule has 86 heavy (non-hydrogen) atoms. The fourth-order valence-electron chi connectivity index (χ4n) is 10.6. The number of ether oxygens (including phenoxy) is 4. The van der Waals surface area contributed by atoms with Gasteiger partial charge in [0.2, 0.25) is 23.5 Å². The minimum Gasteiger partial charge on any atom is -0.507 e. The minimum atomic E-state index is -5.15. The number of primary amides is 1. The quantitative estimate of drug-likeness (QED) is 0.0188. The second-order valence-electron chi connectivity index (χ2n) is 21.4. The first kappa shape index (κ1) is 65.2. The Hall–Kier alpha value is -8.39. The number of urea groups is 1. The van der Waals surface area contributed by atoms with Gasteiger partial charge in [0.25, 0.3) is 21.9 Å². The average molecular weight is 1220 g/mol. The van der Waals surface area contributed by atoms with Crippen LogP contribution in [0.25, 0.3) is 0 Å². The van der Waals surface area contributed by atoms with Gasteiger partial charge in [0.15, 0.2) is 17.9 Å². The smallest absolute Gasteiger partial charge is 0.407 e. The number of phenolic OH excluding ortho intramolecular Hbond substituents is 2. The monoisotopic (exact) mass is 1220 g/mol. The normalized spacial score (nSPS) is 21.4. The number of imide groups is 1. The topological polar surface area (TPSA) is 453 Å². The van der Waals surface area contributed by atoms with Crippen molar-refractivity contribution in [1.82, 2.24) is 26.2 Å². The molecule has 8 atom stereocenters. The number of amides is 8. The van der Waals surface area contributed by atoms with Crippen molar-refractivity contribution >= 4 is 74.8 Å². The molecule has 0 unspecified atom stereocenters. The summed E-state index contributed by atoms with van der Waals surface area (Å²) in [5.74, 6) is -8.18. The van der Waals surface area contributed by atoms with E-state index in [-0.39, 0.29) is 71.6 Å². The molecule has 8 amide bonds. The Morgan fingerprint density at radius 1 is 0.907 bits per heavy atom. The summed E-state index contributed by atoms with van der Waals surface area (Å²) in [4.78, 5) is 130. The lowest BCUT2D eigenvalue weighted by molar-refractivity contribution is -0.249. The van der Waals surface area contributed by atoms with E-state index >= 15 is 0 Å². The van der Waals surface area contributed by atoms with Gasteiger partial charge in [0.1, 0.15) is 59.1 Å². The molecule has 2 heterocycles. The SMILES string of the molecule is COc1cccc2c1C(=O)c1c(O)c3c(c(O)c1C2=O)C[C@@](O)(C(=O)CO)C[C@@H]3O[C@H]1C[C@H](NC(=O)OCc2ccc(NC(=O)[C@H](CCCNC(N)=O)NC(=O)[C@@H](NC(=O)CCCCCN3C(=O)C=CC3=O)C(C)C)cc2S(=O)(=O)O)[C@H](O)[C@H](C)O1. The predicted molar refractivity (Wildman–Crippen MR) is 296 cm³/mol. The fraction of sp³-hybridized carbons (Fsp3) is 0.464. The van der Waals surface area contributed by atoms with Crippen LogP contribution in [0.15, 0.2) is 53.4 Å². The number of nitrogens with one attached hydrogen (secondary N) is 5. The molecule has 0 bridgehead atoms. The van der Waals surface area contributed by atoms with Crippen molar-refractivity contribution in [3.63, 3.8) is 0 Å². The maximum absolute atomic E-state index is 14.1. The molecule has 2 aliphatic carbocycles. The number of alkyl carbamates (subject to hydrolysis) is 1. The summed E-state index contributed by atoms with van der Waals surface area (Å²) in [7, 11) is -3.90. The van der Waals surface area contributed by atoms with Crippen molar-refractivity contribution in [2.45, 2.75) is 138 Å². The van der Waals surface area contributed by atoms with Gasteiger partial charge in [0.05, 0.1) is 42.0 Å². The third kappa shape index (κ3) is 14.6. The van der Waals surface area contributed by atoms with E-state index < -0.39 is 183 Å². The molecule has 0 aromatic heterocycles. The number of unbranched alkanes of at least 4 members (excludes halogenated alkanes) is 2. The van der Waals surface area contributed by atoms with Crippen LogP contribution in [0.2, 0.25) is 0 Å². The zero-order valence-corrected chi connectivity index (χ0v) is 47.9. The van der Waals surface area contributed by atoms with Crippen LogP contribution in [0.1, 0.15) is 127 Å². The van der Waals surface area contributed by atoms with Crippen molar-refractivity contribution in [2.75, 3.05) is 32.1 Å². The molecule has 7 rings (SSSR count). The summed E-state index contributed by atoms with van der Waals surface area (Å²) in [5, 5.41) is 68.8. The number of phenols is 2. The Labute approximate surface area is 491 Å². The van der Waals surface area contributed by atoms with Crippen LogP contribution in [0.3, 0.4) is 0 Å². The number of hydrogen-bond acceptors (Lipinski definition) is 21. The molecule has 2 aliphatic heterocycles. The summed E-state index contributed by atoms with van der Waals surface area (Å²) in [5.41, 5.74) is -0.190. The molecule has 0 radical (unpaired) electrons. The van der Waals surface area contributed by atoms with Crippen LogP contribution in [0.4, 0.5) is 15.3 Å². The largest absolute Gasteiger partial charge is 0.507 e. The number of aliphatic hydroxyl groups is 3. The lowest BCUT2D eigenvalue weighted by atomic mass is 9.72. The van der Waals surface area contributed by atoms with Gasteiger partial charge in [-0.15, -0.1) is 0 Å². The average Bonchev–Trinajstić information content (AvgIpc) is 1.37. The maximum Gasteiger partial charge on any atom is 0.407 e. The zero-order valence-electron chi connectivity index (χ0n) is 47.1. The molecule has 29 nitrogen and oxygen atoms in total. The Morgan fingerprint density at radius 3 is 2.26 bits per heavy atom. The number of carbonyl (C=O) groups excluding carboxylic acids is 10. The van der Waals surface area contributed by atoms with Gasteiger partial charge in [-0.2, -0.15) is 8.42 Å². The number of rotatable bonds is 25. The van der Waals surface area contributed by atoms with E-state index in [4.69, 9.17) is 24.7 Å². The van der Waals surface area contributed by atoms with Gasteiger partial charge >= 0.3 is 12.1 Å². The minimum absolute atomic E-state index is 0.00595. The second-order valence-corrected chi connectivity index (χ2v) is 22.8. The standard InChI is InChI=1S/C56H67N7O22S/c1-26(2)46(62-38(66)13-6-5-7-19-63-39(67)16-17-40(63)68)53(75)60-32(11-9-18-58-54(57)76)52(74)59-29-15-14-28(36(20-29)86(79,80)81)25-83-55(77)61-33-21-41(84-27(3)47(33)69)85-35-23-56(78,37(65)24-64)22-31-43(35)51(73)45-44(49(31)71)48(70)30-10-8-12-34(82-4)42(30)50(45)72/h8,10,12,14-17,20,26-27,32-33,35,41,46-47,64,69,71,73,78H,5-7,9,11,13,18-19,21-25H2,1-4H3,(H,59,74)(H,60,75)(H,61,77)(H,62,66)(H3,57,58,76)(H,79,80,81)/t27-,32-,33-,35-,41-,46-,47+,56-/m0/s1. The van der Waals surface area contributed by atoms with Crippen molar-refractivity contribution in [1.29, 1.82) is 0 Å². The molecule has 4 aliphatic rings. The van der Waals surface area contributed by atoms with Crippen molar-refractivity contribution in [2.24, 2.45) is 11.7 Å².